The average Bonchev–Trinajstić information content (AvgIpc) is 2.66. The number of carbonyl (C=O) groups excluding carboxylic acids is 1. The minimum Gasteiger partial charge on any atom is -0.445 e. The number of rotatable bonds is 7. The Morgan fingerprint density at radius 1 is 1.23 bits per heavy atom. The van der Waals surface area contributed by atoms with E-state index in [2.05, 4.69) is 5.32 Å². The van der Waals surface area contributed by atoms with Crippen molar-refractivity contribution in [1.82, 2.24) is 5.32 Å². The van der Waals surface area contributed by atoms with Gasteiger partial charge in [0.25, 0.3) is 0 Å². The van der Waals surface area contributed by atoms with E-state index >= 15 is 0 Å². The van der Waals surface area contributed by atoms with Crippen LogP contribution in [0.15, 0.2) is 48.5 Å². The summed E-state index contributed by atoms with van der Waals surface area (Å²) in [6.07, 6.45) is -2.85. The highest BCUT2D eigenvalue weighted by molar-refractivity contribution is 6.31. The first kappa shape index (κ1) is 19.7. The van der Waals surface area contributed by atoms with Gasteiger partial charge in [-0.15, -0.1) is 0 Å². The maximum Gasteiger partial charge on any atom is 0.407 e. The van der Waals surface area contributed by atoms with Crippen LogP contribution in [-0.2, 0) is 11.3 Å². The minimum absolute atomic E-state index is 0.109. The third-order valence-electron chi connectivity index (χ3n) is 3.73. The highest BCUT2D eigenvalue weighted by Crippen LogP contribution is 2.27. The lowest BCUT2D eigenvalue weighted by atomic mass is 10.0. The molecule has 0 saturated heterocycles. The van der Waals surface area contributed by atoms with Gasteiger partial charge >= 0.3 is 6.09 Å². The lowest BCUT2D eigenvalue weighted by Gasteiger charge is -2.19. The van der Waals surface area contributed by atoms with Crippen LogP contribution >= 0.6 is 11.6 Å². The van der Waals surface area contributed by atoms with Crippen LogP contribution in [0.4, 0.5) is 4.79 Å². The number of amides is 1. The predicted octanol–water partition coefficient (Wildman–Crippen LogP) is 2.92. The number of alkyl carbamates (subject to hydrolysis) is 1. The Hall–Kier alpha value is -2.59. The SMILES string of the molecule is N#Cc1ccc(C(O)C(O)CCNC(=O)OCc2ccccc2)c(Cl)c1. The normalized spacial score (nSPS) is 12.7. The number of ether oxygens (including phenoxy) is 1. The molecule has 2 unspecified atom stereocenters. The van der Waals surface area contributed by atoms with Crippen molar-refractivity contribution in [1.29, 1.82) is 5.26 Å². The van der Waals surface area contributed by atoms with Crippen LogP contribution in [0.5, 0.6) is 0 Å². The van der Waals surface area contributed by atoms with Crippen LogP contribution in [0.25, 0.3) is 0 Å². The summed E-state index contributed by atoms with van der Waals surface area (Å²) in [6, 6.07) is 15.6. The third kappa shape index (κ3) is 5.74. The number of nitriles is 1. The van der Waals surface area contributed by atoms with Gasteiger partial charge in [0.1, 0.15) is 12.7 Å². The number of benzene rings is 2. The molecule has 26 heavy (non-hydrogen) atoms. The first-order valence-electron chi connectivity index (χ1n) is 8.01. The molecule has 2 aromatic carbocycles. The lowest BCUT2D eigenvalue weighted by Crippen LogP contribution is -2.29. The Kier molecular flexibility index (Phi) is 7.42. The van der Waals surface area contributed by atoms with Gasteiger partial charge in [-0.05, 0) is 24.1 Å². The number of halogens is 1. The number of nitrogens with one attached hydrogen (secondary N) is 1. The molecule has 3 N–H and O–H groups in total. The maximum atomic E-state index is 11.6. The van der Waals surface area contributed by atoms with Crippen LogP contribution in [0.1, 0.15) is 29.2 Å². The first-order valence-corrected chi connectivity index (χ1v) is 8.39. The van der Waals surface area contributed by atoms with Crippen molar-refractivity contribution in [2.45, 2.75) is 25.2 Å². The second-order valence-corrected chi connectivity index (χ2v) is 6.04. The summed E-state index contributed by atoms with van der Waals surface area (Å²) in [4.78, 5) is 11.6. The molecule has 6 nitrogen and oxygen atoms in total. The van der Waals surface area contributed by atoms with Gasteiger partial charge in [0.2, 0.25) is 0 Å². The molecule has 7 heteroatoms. The summed E-state index contributed by atoms with van der Waals surface area (Å²) >= 11 is 6.02. The minimum atomic E-state index is -1.22. The molecule has 0 aliphatic carbocycles. The van der Waals surface area contributed by atoms with E-state index in [-0.39, 0.29) is 24.6 Å². The highest BCUT2D eigenvalue weighted by atomic mass is 35.5. The molecule has 0 radical (unpaired) electrons. The standard InChI is InChI=1S/C19H19ClN2O4/c20-16-10-14(11-21)6-7-15(16)18(24)17(23)8-9-22-19(25)26-12-13-4-2-1-3-5-13/h1-7,10,17-18,23-24H,8-9,12H2,(H,22,25). The number of hydrogen-bond acceptors (Lipinski definition) is 5. The van der Waals surface area contributed by atoms with Gasteiger partial charge in [0, 0.05) is 17.1 Å². The molecular formula is C19H19ClN2O4. The first-order chi connectivity index (χ1) is 12.5. The van der Waals surface area contributed by atoms with Gasteiger partial charge in [-0.2, -0.15) is 5.26 Å². The van der Waals surface area contributed by atoms with Crippen molar-refractivity contribution < 1.29 is 19.7 Å². The number of nitrogens with zero attached hydrogens (tertiary/aromatic N) is 1. The van der Waals surface area contributed by atoms with Gasteiger partial charge < -0.3 is 20.3 Å². The second-order valence-electron chi connectivity index (χ2n) is 5.64. The van der Waals surface area contributed by atoms with Crippen molar-refractivity contribution in [3.8, 4) is 6.07 Å². The molecule has 2 aromatic rings. The molecular weight excluding hydrogens is 356 g/mol. The van der Waals surface area contributed by atoms with E-state index < -0.39 is 18.3 Å². The molecule has 0 bridgehead atoms. The summed E-state index contributed by atoms with van der Waals surface area (Å²) in [5.41, 5.74) is 1.56. The number of aliphatic hydroxyl groups excluding tert-OH is 2. The summed E-state index contributed by atoms with van der Waals surface area (Å²) in [7, 11) is 0. The van der Waals surface area contributed by atoms with Crippen molar-refractivity contribution in [3.05, 3.63) is 70.2 Å². The molecule has 1 amide bonds. The fraction of sp³-hybridized carbons (Fsp3) is 0.263. The van der Waals surface area contributed by atoms with Crippen molar-refractivity contribution in [2.75, 3.05) is 6.54 Å². The van der Waals surface area contributed by atoms with Gasteiger partial charge in [-0.1, -0.05) is 48.0 Å². The second kappa shape index (κ2) is 9.78. The Labute approximate surface area is 156 Å². The Morgan fingerprint density at radius 3 is 2.62 bits per heavy atom. The third-order valence-corrected chi connectivity index (χ3v) is 4.06. The smallest absolute Gasteiger partial charge is 0.407 e. The molecule has 0 heterocycles. The van der Waals surface area contributed by atoms with E-state index in [0.29, 0.717) is 11.1 Å². The van der Waals surface area contributed by atoms with Crippen LogP contribution in [0, 0.1) is 11.3 Å². The highest BCUT2D eigenvalue weighted by Gasteiger charge is 2.21. The number of aliphatic hydroxyl groups is 2. The van der Waals surface area contributed by atoms with E-state index in [4.69, 9.17) is 21.6 Å². The zero-order chi connectivity index (χ0) is 18.9. The van der Waals surface area contributed by atoms with Gasteiger partial charge in [0.05, 0.1) is 17.7 Å². The van der Waals surface area contributed by atoms with E-state index in [0.717, 1.165) is 5.56 Å². The summed E-state index contributed by atoms with van der Waals surface area (Å²) < 4.78 is 5.05. The quantitative estimate of drug-likeness (QED) is 0.691. The Bertz CT molecular complexity index is 777. The summed E-state index contributed by atoms with van der Waals surface area (Å²) in [6.45, 7) is 0.276. The monoisotopic (exact) mass is 374 g/mol. The van der Waals surface area contributed by atoms with Crippen molar-refractivity contribution in [2.24, 2.45) is 0 Å². The van der Waals surface area contributed by atoms with Crippen molar-refractivity contribution >= 4 is 17.7 Å². The number of hydrogen-bond donors (Lipinski definition) is 3. The molecule has 2 atom stereocenters. The van der Waals surface area contributed by atoms with Gasteiger partial charge in [-0.3, -0.25) is 0 Å². The molecule has 0 aliphatic heterocycles. The van der Waals surface area contributed by atoms with Crippen LogP contribution in [0.3, 0.4) is 0 Å². The fourth-order valence-electron chi connectivity index (χ4n) is 2.30. The van der Waals surface area contributed by atoms with E-state index in [1.807, 2.05) is 36.4 Å². The Balaban J connectivity index is 1.76. The molecule has 136 valence electrons. The lowest BCUT2D eigenvalue weighted by molar-refractivity contribution is 0.0137. The maximum absolute atomic E-state index is 11.6. The van der Waals surface area contributed by atoms with Crippen molar-refractivity contribution in [3.63, 3.8) is 0 Å². The predicted molar refractivity (Wildman–Crippen MR) is 96.4 cm³/mol. The number of carbonyl (C=O) groups is 1. The molecule has 0 aliphatic rings. The Morgan fingerprint density at radius 2 is 1.96 bits per heavy atom. The van der Waals surface area contributed by atoms with E-state index in [9.17, 15) is 15.0 Å². The zero-order valence-electron chi connectivity index (χ0n) is 13.9. The molecule has 0 fully saturated rings. The molecule has 0 spiro atoms. The zero-order valence-corrected chi connectivity index (χ0v) is 14.7. The molecule has 0 saturated carbocycles. The fourth-order valence-corrected chi connectivity index (χ4v) is 2.59. The van der Waals surface area contributed by atoms with Crippen LogP contribution < -0.4 is 5.32 Å². The van der Waals surface area contributed by atoms with E-state index in [1.54, 1.807) is 0 Å². The molecule has 2 rings (SSSR count). The average molecular weight is 375 g/mol. The molecule has 0 aromatic heterocycles. The topological polar surface area (TPSA) is 103 Å². The van der Waals surface area contributed by atoms with Gasteiger partial charge in [-0.25, -0.2) is 4.79 Å². The van der Waals surface area contributed by atoms with Gasteiger partial charge in [0.15, 0.2) is 0 Å². The van der Waals surface area contributed by atoms with Crippen LogP contribution in [0.2, 0.25) is 5.02 Å². The van der Waals surface area contributed by atoms with Crippen LogP contribution in [-0.4, -0.2) is 29.0 Å². The summed E-state index contributed by atoms with van der Waals surface area (Å²) in [5.74, 6) is 0. The summed E-state index contributed by atoms with van der Waals surface area (Å²) in [5, 5.41) is 31.8. The van der Waals surface area contributed by atoms with E-state index in [1.165, 1.54) is 18.2 Å². The largest absolute Gasteiger partial charge is 0.445 e.